The van der Waals surface area contributed by atoms with Gasteiger partial charge in [0.05, 0.1) is 36.2 Å². The summed E-state index contributed by atoms with van der Waals surface area (Å²) >= 11 is 0. The van der Waals surface area contributed by atoms with E-state index in [1.807, 2.05) is 0 Å². The lowest BCUT2D eigenvalue weighted by atomic mass is 9.96. The Morgan fingerprint density at radius 1 is 0.429 bits per heavy atom. The highest BCUT2D eigenvalue weighted by molar-refractivity contribution is 7.91. The maximum absolute atomic E-state index is 15.0. The van der Waals surface area contributed by atoms with Gasteiger partial charge < -0.3 is 49.6 Å². The fourth-order valence-corrected chi connectivity index (χ4v) is 7.23. The van der Waals surface area contributed by atoms with Gasteiger partial charge in [0.2, 0.25) is 9.84 Å². The quantitative estimate of drug-likeness (QED) is 0.0791. The fourth-order valence-electron chi connectivity index (χ4n) is 5.48. The van der Waals surface area contributed by atoms with Crippen LogP contribution in [0.25, 0.3) is 22.3 Å². The first-order valence-electron chi connectivity index (χ1n) is 15.8. The normalized spacial score (nSPS) is 11.4. The molecule has 0 aliphatic carbocycles. The first-order valence-corrected chi connectivity index (χ1v) is 17.3. The van der Waals surface area contributed by atoms with Gasteiger partial charge >= 0.3 is 0 Å². The molecule has 264 valence electrons. The van der Waals surface area contributed by atoms with Gasteiger partial charge in [0.15, 0.2) is 0 Å². The second-order valence-corrected chi connectivity index (χ2v) is 12.5. The van der Waals surface area contributed by atoms with Crippen LogP contribution in [0.2, 0.25) is 0 Å². The van der Waals surface area contributed by atoms with Crippen molar-refractivity contribution < 1.29 is 58.0 Å². The largest absolute Gasteiger partial charge is 0.491 e. The smallest absolute Gasteiger partial charge is 0.207 e. The second-order valence-electron chi connectivity index (χ2n) is 10.6. The summed E-state index contributed by atoms with van der Waals surface area (Å²) in [6.07, 6.45) is 0.0716. The molecule has 0 amide bonds. The summed E-state index contributed by atoms with van der Waals surface area (Å²) in [5.74, 6) is 1.51. The number of sulfone groups is 1. The van der Waals surface area contributed by atoms with E-state index < -0.39 is 9.84 Å². The van der Waals surface area contributed by atoms with Crippen LogP contribution < -0.4 is 18.9 Å². The van der Waals surface area contributed by atoms with Crippen LogP contribution in [0.4, 0.5) is 0 Å². The van der Waals surface area contributed by atoms with Crippen LogP contribution in [0.15, 0.2) is 82.6 Å². The molecular weight excluding hydrogens is 656 g/mol. The van der Waals surface area contributed by atoms with Gasteiger partial charge in [0.25, 0.3) is 0 Å². The molecule has 0 bridgehead atoms. The molecule has 13 heteroatoms. The molecule has 0 aromatic heterocycles. The van der Waals surface area contributed by atoms with Crippen molar-refractivity contribution in [2.45, 2.75) is 22.6 Å². The zero-order valence-electron chi connectivity index (χ0n) is 27.0. The van der Waals surface area contributed by atoms with E-state index in [0.717, 1.165) is 0 Å². The average molecular weight is 699 g/mol. The fraction of sp³-hybridized carbons (Fsp3) is 0.333. The van der Waals surface area contributed by atoms with Crippen molar-refractivity contribution in [1.29, 1.82) is 0 Å². The zero-order valence-corrected chi connectivity index (χ0v) is 27.8. The first-order chi connectivity index (χ1) is 23.8. The highest BCUT2D eigenvalue weighted by atomic mass is 32.2. The lowest BCUT2D eigenvalue weighted by molar-refractivity contribution is 0.199. The van der Waals surface area contributed by atoms with E-state index in [2.05, 4.69) is 0 Å². The van der Waals surface area contributed by atoms with E-state index in [9.17, 15) is 20.4 Å². The number of aliphatic hydroxyl groups excluding tert-OH is 6. The molecule has 6 N–H and O–H groups in total. The molecule has 0 fully saturated rings. The monoisotopic (exact) mass is 698 g/mol. The van der Waals surface area contributed by atoms with Gasteiger partial charge in [-0.05, 0) is 72.5 Å². The number of aliphatic hydroxyl groups is 6. The van der Waals surface area contributed by atoms with E-state index in [1.165, 1.54) is 24.3 Å². The minimum atomic E-state index is -4.40. The highest BCUT2D eigenvalue weighted by Crippen LogP contribution is 2.44. The Morgan fingerprint density at radius 3 is 1.10 bits per heavy atom. The number of rotatable bonds is 20. The molecule has 12 nitrogen and oxygen atoms in total. The average Bonchev–Trinajstić information content (AvgIpc) is 3.12. The number of benzene rings is 4. The maximum atomic E-state index is 15.0. The lowest BCUT2D eigenvalue weighted by Crippen LogP contribution is -2.13. The third-order valence-electron chi connectivity index (χ3n) is 7.47. The van der Waals surface area contributed by atoms with Crippen LogP contribution in [0, 0.1) is 0 Å². The van der Waals surface area contributed by atoms with Crippen LogP contribution in [-0.2, 0) is 22.7 Å². The van der Waals surface area contributed by atoms with Crippen LogP contribution in [0.1, 0.15) is 11.1 Å². The van der Waals surface area contributed by atoms with Crippen molar-refractivity contribution in [3.63, 3.8) is 0 Å². The highest BCUT2D eigenvalue weighted by Gasteiger charge is 2.31. The summed E-state index contributed by atoms with van der Waals surface area (Å²) in [7, 11) is -4.40. The summed E-state index contributed by atoms with van der Waals surface area (Å²) in [4.78, 5) is -0.168. The molecule has 4 aromatic carbocycles. The molecular formula is C36H42O12S. The summed E-state index contributed by atoms with van der Waals surface area (Å²) < 4.78 is 52.6. The van der Waals surface area contributed by atoms with E-state index in [1.54, 1.807) is 48.5 Å². The van der Waals surface area contributed by atoms with Gasteiger partial charge in [-0.2, -0.15) is 0 Å². The van der Waals surface area contributed by atoms with Crippen LogP contribution in [0.5, 0.6) is 23.0 Å². The van der Waals surface area contributed by atoms with Crippen molar-refractivity contribution in [2.75, 3.05) is 66.1 Å². The van der Waals surface area contributed by atoms with Crippen molar-refractivity contribution in [1.82, 2.24) is 0 Å². The van der Waals surface area contributed by atoms with Crippen molar-refractivity contribution >= 4 is 9.84 Å². The summed E-state index contributed by atoms with van der Waals surface area (Å²) in [6.45, 7) is -1.54. The minimum absolute atomic E-state index is 0.0358. The lowest BCUT2D eigenvalue weighted by Gasteiger charge is -2.22. The predicted molar refractivity (Wildman–Crippen MR) is 181 cm³/mol. The zero-order chi connectivity index (χ0) is 35.2. The molecule has 49 heavy (non-hydrogen) atoms. The topological polar surface area (TPSA) is 192 Å². The predicted octanol–water partition coefficient (Wildman–Crippen LogP) is 2.41. The molecule has 0 unspecified atom stereocenters. The molecule has 0 aliphatic rings. The van der Waals surface area contributed by atoms with Gasteiger partial charge in [-0.1, -0.05) is 24.3 Å². The molecule has 0 saturated heterocycles. The van der Waals surface area contributed by atoms with E-state index >= 15 is 8.42 Å². The van der Waals surface area contributed by atoms with Crippen molar-refractivity contribution in [3.8, 4) is 45.3 Å². The Hall–Kier alpha value is -4.21. The molecule has 0 aliphatic heterocycles. The number of ether oxygens (including phenoxy) is 4. The molecule has 4 aromatic rings. The molecule has 0 radical (unpaired) electrons. The van der Waals surface area contributed by atoms with Gasteiger partial charge in [-0.25, -0.2) is 8.42 Å². The molecule has 0 atom stereocenters. The maximum Gasteiger partial charge on any atom is 0.207 e. The second kappa shape index (κ2) is 18.5. The number of hydrogen-bond acceptors (Lipinski definition) is 12. The van der Waals surface area contributed by atoms with Gasteiger partial charge in [-0.3, -0.25) is 0 Å². The molecule has 4 rings (SSSR count). The Bertz CT molecular complexity index is 1620. The molecule has 0 spiro atoms. The SMILES string of the molecule is O=S(=O)(c1ccc(OCCO)c(CCO)c1-c1ccc(OCCO)cc1)c1ccc(OCCO)c(CCO)c1-c1ccc(OCCO)cc1. The minimum Gasteiger partial charge on any atom is -0.491 e. The standard InChI is InChI=1S/C36H42O12S/c37-15-13-29-31(47-23-19-41)9-11-33(35(29)25-1-5-27(6-2-25)45-21-17-39)49(43,44)34-12-10-32(48-24-20-42)30(14-16-38)36(34)26-3-7-28(8-4-26)46-22-18-40/h1-12,37-42H,13-24H2. The van der Waals surface area contributed by atoms with Gasteiger partial charge in [0, 0.05) is 35.5 Å². The van der Waals surface area contributed by atoms with Crippen LogP contribution in [0.3, 0.4) is 0 Å². The van der Waals surface area contributed by atoms with E-state index in [4.69, 9.17) is 29.2 Å². The Morgan fingerprint density at radius 2 is 0.776 bits per heavy atom. The summed E-state index contributed by atoms with van der Waals surface area (Å²) in [6, 6.07) is 19.1. The van der Waals surface area contributed by atoms with Gasteiger partial charge in [0.1, 0.15) is 49.4 Å². The van der Waals surface area contributed by atoms with Crippen LogP contribution >= 0.6 is 0 Å². The molecule has 0 saturated carbocycles. The Kier molecular flexibility index (Phi) is 14.2. The first kappa shape index (κ1) is 37.6. The summed E-state index contributed by atoms with van der Waals surface area (Å²) in [5, 5.41) is 57.4. The van der Waals surface area contributed by atoms with E-state index in [0.29, 0.717) is 45.3 Å². The Labute approximate surface area is 285 Å². The number of hydrogen-bond donors (Lipinski definition) is 6. The summed E-state index contributed by atoms with van der Waals surface area (Å²) in [5.41, 5.74) is 2.34. The van der Waals surface area contributed by atoms with Gasteiger partial charge in [-0.15, -0.1) is 0 Å². The third kappa shape index (κ3) is 9.08. The van der Waals surface area contributed by atoms with E-state index in [-0.39, 0.29) is 99.8 Å². The Balaban J connectivity index is 2.02. The third-order valence-corrected chi connectivity index (χ3v) is 9.31. The molecule has 0 heterocycles. The van der Waals surface area contributed by atoms with Crippen LogP contribution in [-0.4, -0.2) is 105 Å². The van der Waals surface area contributed by atoms with Crippen molar-refractivity contribution in [2.24, 2.45) is 0 Å². The van der Waals surface area contributed by atoms with Crippen molar-refractivity contribution in [3.05, 3.63) is 83.9 Å².